The van der Waals surface area contributed by atoms with Crippen molar-refractivity contribution in [2.45, 2.75) is 49.3 Å². The summed E-state index contributed by atoms with van der Waals surface area (Å²) in [7, 11) is -3.58. The van der Waals surface area contributed by atoms with Gasteiger partial charge < -0.3 is 5.32 Å². The van der Waals surface area contributed by atoms with E-state index in [-0.39, 0.29) is 5.91 Å². The van der Waals surface area contributed by atoms with Gasteiger partial charge in [0.2, 0.25) is 5.91 Å². The predicted molar refractivity (Wildman–Crippen MR) is 95.5 cm³/mol. The Morgan fingerprint density at radius 2 is 2.17 bits per heavy atom. The highest BCUT2D eigenvalue weighted by Gasteiger charge is 2.40. The smallest absolute Gasteiger partial charge is 0.253 e. The van der Waals surface area contributed by atoms with Crippen molar-refractivity contribution in [3.05, 3.63) is 29.2 Å². The molecule has 0 spiro atoms. The SMILES string of the molecule is Cc1ccc(S(=O)(=O)N2CCCC2C(=O)NCC2CC=CCC2)s1. The van der Waals surface area contributed by atoms with Crippen LogP contribution in [0.3, 0.4) is 0 Å². The van der Waals surface area contributed by atoms with Crippen LogP contribution in [0.5, 0.6) is 0 Å². The van der Waals surface area contributed by atoms with Crippen LogP contribution < -0.4 is 5.32 Å². The highest BCUT2D eigenvalue weighted by atomic mass is 32.2. The topological polar surface area (TPSA) is 66.5 Å². The van der Waals surface area contributed by atoms with Crippen molar-refractivity contribution in [2.24, 2.45) is 5.92 Å². The zero-order chi connectivity index (χ0) is 17.2. The third-order valence-corrected chi connectivity index (χ3v) is 8.10. The lowest BCUT2D eigenvalue weighted by Gasteiger charge is -2.24. The molecular weight excluding hydrogens is 344 g/mol. The first-order valence-electron chi connectivity index (χ1n) is 8.49. The molecule has 2 aliphatic rings. The van der Waals surface area contributed by atoms with E-state index in [0.29, 0.717) is 29.6 Å². The van der Waals surface area contributed by atoms with Crippen molar-refractivity contribution in [3.63, 3.8) is 0 Å². The van der Waals surface area contributed by atoms with Gasteiger partial charge in [0.15, 0.2) is 0 Å². The van der Waals surface area contributed by atoms with Crippen LogP contribution in [0.2, 0.25) is 0 Å². The maximum atomic E-state index is 12.8. The minimum absolute atomic E-state index is 0.154. The average molecular weight is 369 g/mol. The van der Waals surface area contributed by atoms with Gasteiger partial charge in [-0.1, -0.05) is 12.2 Å². The molecule has 3 rings (SSSR count). The third-order valence-electron chi connectivity index (χ3n) is 4.73. The number of rotatable bonds is 5. The van der Waals surface area contributed by atoms with Crippen molar-refractivity contribution < 1.29 is 13.2 Å². The molecule has 0 bridgehead atoms. The maximum absolute atomic E-state index is 12.8. The number of hydrogen-bond donors (Lipinski definition) is 1. The number of nitrogens with one attached hydrogen (secondary N) is 1. The number of amides is 1. The number of thiophene rings is 1. The summed E-state index contributed by atoms with van der Waals surface area (Å²) in [6, 6.07) is 2.87. The van der Waals surface area contributed by atoms with Crippen molar-refractivity contribution in [1.29, 1.82) is 0 Å². The molecule has 1 aliphatic carbocycles. The van der Waals surface area contributed by atoms with Gasteiger partial charge in [-0.3, -0.25) is 4.79 Å². The average Bonchev–Trinajstić information content (AvgIpc) is 3.23. The highest BCUT2D eigenvalue weighted by Crippen LogP contribution is 2.30. The van der Waals surface area contributed by atoms with Gasteiger partial charge in [-0.05, 0) is 57.1 Å². The van der Waals surface area contributed by atoms with E-state index in [0.717, 1.165) is 30.6 Å². The van der Waals surface area contributed by atoms with Gasteiger partial charge in [0.05, 0.1) is 0 Å². The van der Waals surface area contributed by atoms with Crippen LogP contribution in [-0.4, -0.2) is 37.8 Å². The maximum Gasteiger partial charge on any atom is 0.253 e. The standard InChI is InChI=1S/C17H24N2O3S2/c1-13-9-10-16(23-13)24(21,22)19-11-5-8-15(19)17(20)18-12-14-6-3-2-4-7-14/h2-3,9-10,14-15H,4-8,11-12H2,1H3,(H,18,20). The molecule has 132 valence electrons. The molecule has 1 aliphatic heterocycles. The van der Waals surface area contributed by atoms with Crippen molar-refractivity contribution in [2.75, 3.05) is 13.1 Å². The van der Waals surface area contributed by atoms with Crippen LogP contribution in [0.15, 0.2) is 28.5 Å². The molecule has 24 heavy (non-hydrogen) atoms. The predicted octanol–water partition coefficient (Wildman–Crippen LogP) is 2.68. The van der Waals surface area contributed by atoms with Gasteiger partial charge in [-0.15, -0.1) is 11.3 Å². The first-order valence-corrected chi connectivity index (χ1v) is 10.7. The zero-order valence-corrected chi connectivity index (χ0v) is 15.5. The quantitative estimate of drug-likeness (QED) is 0.813. The van der Waals surface area contributed by atoms with Gasteiger partial charge in [-0.2, -0.15) is 4.31 Å². The Hall–Kier alpha value is -1.18. The van der Waals surface area contributed by atoms with E-state index in [1.807, 2.05) is 6.92 Å². The van der Waals surface area contributed by atoms with Gasteiger partial charge >= 0.3 is 0 Å². The first-order chi connectivity index (χ1) is 11.5. The number of hydrogen-bond acceptors (Lipinski definition) is 4. The Morgan fingerprint density at radius 1 is 1.33 bits per heavy atom. The number of allylic oxidation sites excluding steroid dienone is 2. The molecule has 2 heterocycles. The Bertz CT molecular complexity index is 724. The van der Waals surface area contributed by atoms with Crippen LogP contribution in [-0.2, 0) is 14.8 Å². The fourth-order valence-corrected chi connectivity index (χ4v) is 6.43. The van der Waals surface area contributed by atoms with E-state index in [1.54, 1.807) is 12.1 Å². The van der Waals surface area contributed by atoms with Gasteiger partial charge in [0.25, 0.3) is 10.0 Å². The molecule has 5 nitrogen and oxygen atoms in total. The minimum Gasteiger partial charge on any atom is -0.354 e. The van der Waals surface area contributed by atoms with E-state index < -0.39 is 16.1 Å². The van der Waals surface area contributed by atoms with E-state index in [1.165, 1.54) is 15.6 Å². The Morgan fingerprint density at radius 3 is 2.83 bits per heavy atom. The summed E-state index contributed by atoms with van der Waals surface area (Å²) in [5.41, 5.74) is 0. The van der Waals surface area contributed by atoms with Gasteiger partial charge in [0.1, 0.15) is 10.3 Å². The number of aryl methyl sites for hydroxylation is 1. The molecule has 1 N–H and O–H groups in total. The molecule has 7 heteroatoms. The van der Waals surface area contributed by atoms with Crippen LogP contribution in [0.4, 0.5) is 0 Å². The minimum atomic E-state index is -3.58. The summed E-state index contributed by atoms with van der Waals surface area (Å²) >= 11 is 1.26. The van der Waals surface area contributed by atoms with Crippen LogP contribution >= 0.6 is 11.3 Å². The van der Waals surface area contributed by atoms with Crippen molar-refractivity contribution in [1.82, 2.24) is 9.62 Å². The number of sulfonamides is 1. The molecular formula is C17H24N2O3S2. The number of carbonyl (C=O) groups excluding carboxylic acids is 1. The molecule has 2 unspecified atom stereocenters. The highest BCUT2D eigenvalue weighted by molar-refractivity contribution is 7.91. The van der Waals surface area contributed by atoms with E-state index in [2.05, 4.69) is 17.5 Å². The zero-order valence-electron chi connectivity index (χ0n) is 13.9. The molecule has 1 fully saturated rings. The molecule has 1 amide bonds. The molecule has 1 saturated heterocycles. The Labute approximate surface area is 147 Å². The summed E-state index contributed by atoms with van der Waals surface area (Å²) in [4.78, 5) is 13.5. The molecule has 1 aromatic heterocycles. The Balaban J connectivity index is 1.66. The fourth-order valence-electron chi connectivity index (χ4n) is 3.36. The van der Waals surface area contributed by atoms with Crippen LogP contribution in [0.1, 0.15) is 37.0 Å². The summed E-state index contributed by atoms with van der Waals surface area (Å²) in [5, 5.41) is 2.98. The van der Waals surface area contributed by atoms with E-state index in [9.17, 15) is 13.2 Å². The fraction of sp³-hybridized carbons (Fsp3) is 0.588. The molecule has 2 atom stereocenters. The van der Waals surface area contributed by atoms with Crippen LogP contribution in [0, 0.1) is 12.8 Å². The summed E-state index contributed by atoms with van der Waals surface area (Å²) in [5.74, 6) is 0.310. The third kappa shape index (κ3) is 3.73. The van der Waals surface area contributed by atoms with Gasteiger partial charge in [0, 0.05) is 18.0 Å². The summed E-state index contributed by atoms with van der Waals surface area (Å²) in [6.07, 6.45) is 8.79. The van der Waals surface area contributed by atoms with Gasteiger partial charge in [-0.25, -0.2) is 8.42 Å². The normalized spacial score (nSPS) is 25.0. The largest absolute Gasteiger partial charge is 0.354 e. The number of nitrogens with zero attached hydrogens (tertiary/aromatic N) is 1. The van der Waals surface area contributed by atoms with Crippen molar-refractivity contribution >= 4 is 27.3 Å². The molecule has 0 saturated carbocycles. The second-order valence-electron chi connectivity index (χ2n) is 6.53. The van der Waals surface area contributed by atoms with E-state index in [4.69, 9.17) is 0 Å². The lowest BCUT2D eigenvalue weighted by atomic mass is 9.94. The summed E-state index contributed by atoms with van der Waals surface area (Å²) in [6.45, 7) is 2.94. The lowest BCUT2D eigenvalue weighted by molar-refractivity contribution is -0.124. The molecule has 0 radical (unpaired) electrons. The second kappa shape index (κ2) is 7.37. The molecule has 0 aromatic carbocycles. The van der Waals surface area contributed by atoms with Crippen LogP contribution in [0.25, 0.3) is 0 Å². The number of carbonyl (C=O) groups is 1. The first kappa shape index (κ1) is 17.6. The summed E-state index contributed by atoms with van der Waals surface area (Å²) < 4.78 is 27.3. The lowest BCUT2D eigenvalue weighted by Crippen LogP contribution is -2.46. The monoisotopic (exact) mass is 368 g/mol. The Kier molecular flexibility index (Phi) is 5.42. The van der Waals surface area contributed by atoms with E-state index >= 15 is 0 Å². The molecule has 1 aromatic rings. The van der Waals surface area contributed by atoms with Crippen molar-refractivity contribution in [3.8, 4) is 0 Å². The second-order valence-corrected chi connectivity index (χ2v) is 9.94.